The van der Waals surface area contributed by atoms with Crippen molar-refractivity contribution >= 4 is 6.29 Å². The second-order valence-electron chi connectivity index (χ2n) is 4.79. The summed E-state index contributed by atoms with van der Waals surface area (Å²) < 4.78 is 0. The lowest BCUT2D eigenvalue weighted by molar-refractivity contribution is -0.105. The molecule has 1 aliphatic carbocycles. The van der Waals surface area contributed by atoms with E-state index in [0.29, 0.717) is 0 Å². The van der Waals surface area contributed by atoms with E-state index in [1.54, 1.807) is 0 Å². The number of aldehydes is 1. The monoisotopic (exact) mass is 218 g/mol. The quantitative estimate of drug-likeness (QED) is 0.472. The van der Waals surface area contributed by atoms with Crippen molar-refractivity contribution in [2.24, 2.45) is 0 Å². The summed E-state index contributed by atoms with van der Waals surface area (Å²) in [6.45, 7) is 6.51. The Labute approximate surface area is 98.9 Å². The number of allylic oxidation sites excluding steroid dienone is 6. The van der Waals surface area contributed by atoms with Crippen molar-refractivity contribution in [1.29, 1.82) is 0 Å². The normalized spacial score (nSPS) is 25.1. The summed E-state index contributed by atoms with van der Waals surface area (Å²) >= 11 is 0. The van der Waals surface area contributed by atoms with Crippen molar-refractivity contribution in [1.82, 2.24) is 0 Å². The minimum absolute atomic E-state index is 0.886. The van der Waals surface area contributed by atoms with E-state index >= 15 is 0 Å². The Morgan fingerprint density at radius 2 is 1.94 bits per heavy atom. The van der Waals surface area contributed by atoms with E-state index in [4.69, 9.17) is 0 Å². The van der Waals surface area contributed by atoms with Crippen molar-refractivity contribution in [3.63, 3.8) is 0 Å². The zero-order chi connectivity index (χ0) is 12.0. The van der Waals surface area contributed by atoms with Crippen LogP contribution in [-0.4, -0.2) is 6.29 Å². The molecule has 0 radical (unpaired) electrons. The van der Waals surface area contributed by atoms with Crippen LogP contribution in [0.3, 0.4) is 0 Å². The van der Waals surface area contributed by atoms with Gasteiger partial charge in [0.15, 0.2) is 0 Å². The van der Waals surface area contributed by atoms with Gasteiger partial charge in [0.05, 0.1) is 0 Å². The number of hydrogen-bond acceptors (Lipinski definition) is 1. The predicted molar refractivity (Wildman–Crippen MR) is 69.4 cm³/mol. The highest BCUT2D eigenvalue weighted by Gasteiger charge is 2.03. The van der Waals surface area contributed by atoms with Crippen molar-refractivity contribution < 1.29 is 4.79 Å². The van der Waals surface area contributed by atoms with Gasteiger partial charge in [0, 0.05) is 0 Å². The van der Waals surface area contributed by atoms with Crippen LogP contribution in [0.15, 0.2) is 34.4 Å². The highest BCUT2D eigenvalue weighted by molar-refractivity contribution is 5.73. The number of carbonyl (C=O) groups is 1. The summed E-state index contributed by atoms with van der Waals surface area (Å²) in [5.41, 5.74) is 5.28. The van der Waals surface area contributed by atoms with Gasteiger partial charge in [-0.25, -0.2) is 0 Å². The van der Waals surface area contributed by atoms with E-state index in [-0.39, 0.29) is 0 Å². The van der Waals surface area contributed by atoms with Crippen molar-refractivity contribution in [2.45, 2.75) is 52.9 Å². The van der Waals surface area contributed by atoms with Crippen LogP contribution in [0, 0.1) is 0 Å². The maximum absolute atomic E-state index is 10.9. The molecule has 0 aromatic carbocycles. The van der Waals surface area contributed by atoms with Gasteiger partial charge in [-0.1, -0.05) is 28.9 Å². The summed E-state index contributed by atoms with van der Waals surface area (Å²) in [7, 11) is 0. The molecule has 0 saturated heterocycles. The molecule has 0 amide bonds. The number of rotatable bonds is 1. The van der Waals surface area contributed by atoms with Crippen molar-refractivity contribution in [3.05, 3.63) is 34.4 Å². The molecular weight excluding hydrogens is 196 g/mol. The van der Waals surface area contributed by atoms with Crippen LogP contribution < -0.4 is 0 Å². The second kappa shape index (κ2) is 6.47. The summed E-state index contributed by atoms with van der Waals surface area (Å²) in [5, 5.41) is 0. The van der Waals surface area contributed by atoms with Gasteiger partial charge in [0.1, 0.15) is 6.29 Å². The molecule has 1 heteroatoms. The molecule has 0 spiro atoms. The molecule has 0 aromatic heterocycles. The zero-order valence-electron chi connectivity index (χ0n) is 10.7. The van der Waals surface area contributed by atoms with Crippen LogP contribution in [-0.2, 0) is 4.79 Å². The first-order valence-electron chi connectivity index (χ1n) is 6.08. The Morgan fingerprint density at radius 3 is 2.56 bits per heavy atom. The highest BCUT2D eigenvalue weighted by atomic mass is 16.1. The van der Waals surface area contributed by atoms with Crippen LogP contribution in [0.25, 0.3) is 0 Å². The third-order valence-electron chi connectivity index (χ3n) is 3.22. The Bertz CT molecular complexity index is 338. The van der Waals surface area contributed by atoms with E-state index in [0.717, 1.165) is 44.0 Å². The van der Waals surface area contributed by atoms with E-state index in [1.165, 1.54) is 16.7 Å². The third kappa shape index (κ3) is 4.18. The van der Waals surface area contributed by atoms with E-state index in [1.807, 2.05) is 0 Å². The molecule has 1 aliphatic rings. The first kappa shape index (κ1) is 13.0. The van der Waals surface area contributed by atoms with E-state index in [2.05, 4.69) is 32.9 Å². The zero-order valence-corrected chi connectivity index (χ0v) is 10.7. The fourth-order valence-corrected chi connectivity index (χ4v) is 1.95. The molecule has 16 heavy (non-hydrogen) atoms. The first-order chi connectivity index (χ1) is 7.63. The SMILES string of the molecule is CC(C)=C1C/C=C(\C=O)CC/C=C(\C)CC1. The Balaban J connectivity index is 2.87. The lowest BCUT2D eigenvalue weighted by Gasteiger charge is -2.11. The van der Waals surface area contributed by atoms with Gasteiger partial charge in [0.25, 0.3) is 0 Å². The molecule has 1 nitrogen and oxygen atoms in total. The average Bonchev–Trinajstić information content (AvgIpc) is 2.26. The Hall–Kier alpha value is -1.11. The maximum atomic E-state index is 10.9. The molecular formula is C15H22O. The van der Waals surface area contributed by atoms with Crippen LogP contribution in [0.4, 0.5) is 0 Å². The van der Waals surface area contributed by atoms with E-state index in [9.17, 15) is 4.79 Å². The first-order valence-corrected chi connectivity index (χ1v) is 6.08. The Morgan fingerprint density at radius 1 is 1.19 bits per heavy atom. The molecule has 0 unspecified atom stereocenters. The van der Waals surface area contributed by atoms with Gasteiger partial charge in [0.2, 0.25) is 0 Å². The van der Waals surface area contributed by atoms with Gasteiger partial charge >= 0.3 is 0 Å². The van der Waals surface area contributed by atoms with Gasteiger partial charge < -0.3 is 0 Å². The molecule has 0 fully saturated rings. The summed E-state index contributed by atoms with van der Waals surface area (Å²) in [6.07, 6.45) is 10.5. The minimum atomic E-state index is 0.886. The smallest absolute Gasteiger partial charge is 0.145 e. The van der Waals surface area contributed by atoms with Crippen LogP contribution >= 0.6 is 0 Å². The lowest BCUT2D eigenvalue weighted by Crippen LogP contribution is -1.93. The van der Waals surface area contributed by atoms with E-state index < -0.39 is 0 Å². The molecule has 0 aliphatic heterocycles. The molecule has 0 aromatic rings. The van der Waals surface area contributed by atoms with Gasteiger partial charge in [-0.15, -0.1) is 0 Å². The Kier molecular flexibility index (Phi) is 5.24. The topological polar surface area (TPSA) is 17.1 Å². The van der Waals surface area contributed by atoms with Crippen LogP contribution in [0.1, 0.15) is 52.9 Å². The lowest BCUT2D eigenvalue weighted by atomic mass is 9.95. The minimum Gasteiger partial charge on any atom is -0.298 e. The highest BCUT2D eigenvalue weighted by Crippen LogP contribution is 2.22. The largest absolute Gasteiger partial charge is 0.298 e. The van der Waals surface area contributed by atoms with Gasteiger partial charge in [-0.05, 0) is 58.4 Å². The molecule has 0 heterocycles. The summed E-state index contributed by atoms with van der Waals surface area (Å²) in [5.74, 6) is 0. The fourth-order valence-electron chi connectivity index (χ4n) is 1.95. The standard InChI is InChI=1S/C15H22O/c1-12(2)15-9-7-13(3)5-4-6-14(11-16)8-10-15/h5,8,11H,4,6-7,9-10H2,1-3H3/b13-5+,14-8-. The van der Waals surface area contributed by atoms with Crippen LogP contribution in [0.2, 0.25) is 0 Å². The predicted octanol–water partition coefficient (Wildman–Crippen LogP) is 4.36. The van der Waals surface area contributed by atoms with Crippen molar-refractivity contribution in [3.8, 4) is 0 Å². The molecule has 0 saturated carbocycles. The average molecular weight is 218 g/mol. The number of hydrogen-bond donors (Lipinski definition) is 0. The molecule has 88 valence electrons. The van der Waals surface area contributed by atoms with Gasteiger partial charge in [-0.2, -0.15) is 0 Å². The summed E-state index contributed by atoms with van der Waals surface area (Å²) in [4.78, 5) is 10.9. The molecule has 0 bridgehead atoms. The fraction of sp³-hybridized carbons (Fsp3) is 0.533. The number of carbonyl (C=O) groups excluding carboxylic acids is 1. The maximum Gasteiger partial charge on any atom is 0.145 e. The summed E-state index contributed by atoms with van der Waals surface area (Å²) in [6, 6.07) is 0. The second-order valence-corrected chi connectivity index (χ2v) is 4.79. The molecule has 1 rings (SSSR count). The van der Waals surface area contributed by atoms with Crippen molar-refractivity contribution in [2.75, 3.05) is 0 Å². The van der Waals surface area contributed by atoms with Crippen LogP contribution in [0.5, 0.6) is 0 Å². The molecule has 0 atom stereocenters. The third-order valence-corrected chi connectivity index (χ3v) is 3.22. The molecule has 0 N–H and O–H groups in total. The van der Waals surface area contributed by atoms with Gasteiger partial charge in [-0.3, -0.25) is 4.79 Å².